The van der Waals surface area contributed by atoms with Crippen molar-refractivity contribution in [2.24, 2.45) is 0 Å². The minimum Gasteiger partial charge on any atom is -0.507 e. The van der Waals surface area contributed by atoms with Gasteiger partial charge in [0.25, 0.3) is 5.91 Å². The van der Waals surface area contributed by atoms with Crippen molar-refractivity contribution in [3.05, 3.63) is 29.8 Å². The fraction of sp³-hybridized carbons (Fsp3) is 0.462. The molecule has 16 heavy (non-hydrogen) atoms. The summed E-state index contributed by atoms with van der Waals surface area (Å²) in [5.74, 6) is -0.0657. The maximum atomic E-state index is 11.9. The first kappa shape index (κ1) is 12.6. The minimum atomic E-state index is -0.116. The van der Waals surface area contributed by atoms with E-state index in [1.807, 2.05) is 0 Å². The van der Waals surface area contributed by atoms with Crippen LogP contribution in [0.4, 0.5) is 0 Å². The Kier molecular flexibility index (Phi) is 4.83. The highest BCUT2D eigenvalue weighted by Gasteiger charge is 2.14. The van der Waals surface area contributed by atoms with Crippen molar-refractivity contribution in [3.63, 3.8) is 0 Å². The highest BCUT2D eigenvalue weighted by molar-refractivity contribution is 5.96. The number of aromatic hydroxyl groups is 1. The summed E-state index contributed by atoms with van der Waals surface area (Å²) in [6.07, 6.45) is 3.27. The first-order valence-corrected chi connectivity index (χ1v) is 5.70. The Bertz CT molecular complexity index is 350. The Hall–Kier alpha value is -1.51. The van der Waals surface area contributed by atoms with Gasteiger partial charge in [-0.25, -0.2) is 0 Å². The van der Waals surface area contributed by atoms with E-state index in [1.165, 1.54) is 6.07 Å². The second-order valence-electron chi connectivity index (χ2n) is 3.95. The number of benzene rings is 1. The number of amides is 1. The smallest absolute Gasteiger partial charge is 0.257 e. The number of phenols is 1. The summed E-state index contributed by atoms with van der Waals surface area (Å²) in [6.45, 7) is 2.87. The average molecular weight is 221 g/mol. The zero-order valence-corrected chi connectivity index (χ0v) is 9.94. The number of hydrogen-bond acceptors (Lipinski definition) is 2. The van der Waals surface area contributed by atoms with Gasteiger partial charge >= 0.3 is 0 Å². The van der Waals surface area contributed by atoms with Crippen molar-refractivity contribution < 1.29 is 9.90 Å². The lowest BCUT2D eigenvalue weighted by atomic mass is 10.1. The molecule has 0 bridgehead atoms. The molecular formula is C13H19NO2. The van der Waals surface area contributed by atoms with E-state index in [2.05, 4.69) is 6.92 Å². The minimum absolute atomic E-state index is 0.0508. The Morgan fingerprint density at radius 2 is 2.00 bits per heavy atom. The quantitative estimate of drug-likeness (QED) is 0.776. The Morgan fingerprint density at radius 1 is 1.31 bits per heavy atom. The molecule has 1 aromatic rings. The van der Waals surface area contributed by atoms with Crippen LogP contribution in [-0.4, -0.2) is 29.5 Å². The Morgan fingerprint density at radius 3 is 2.62 bits per heavy atom. The van der Waals surface area contributed by atoms with Crippen LogP contribution in [0, 0.1) is 0 Å². The summed E-state index contributed by atoms with van der Waals surface area (Å²) in [4.78, 5) is 13.6. The zero-order valence-electron chi connectivity index (χ0n) is 9.94. The number of hydrogen-bond donors (Lipinski definition) is 1. The highest BCUT2D eigenvalue weighted by Crippen LogP contribution is 2.17. The number of carbonyl (C=O) groups is 1. The van der Waals surface area contributed by atoms with Crippen LogP contribution < -0.4 is 0 Å². The maximum Gasteiger partial charge on any atom is 0.257 e. The average Bonchev–Trinajstić information content (AvgIpc) is 2.29. The van der Waals surface area contributed by atoms with Gasteiger partial charge in [0.05, 0.1) is 5.56 Å². The Labute approximate surface area is 96.7 Å². The number of phenolic OH excluding ortho intramolecular Hbond substituents is 1. The van der Waals surface area contributed by atoms with E-state index in [4.69, 9.17) is 0 Å². The van der Waals surface area contributed by atoms with Gasteiger partial charge in [-0.1, -0.05) is 31.9 Å². The topological polar surface area (TPSA) is 40.5 Å². The lowest BCUT2D eigenvalue weighted by molar-refractivity contribution is 0.0789. The van der Waals surface area contributed by atoms with E-state index in [1.54, 1.807) is 30.1 Å². The molecule has 0 aliphatic rings. The number of unbranched alkanes of at least 4 members (excludes halogenated alkanes) is 2. The predicted molar refractivity (Wildman–Crippen MR) is 64.6 cm³/mol. The molecule has 0 aliphatic heterocycles. The molecule has 1 N–H and O–H groups in total. The van der Waals surface area contributed by atoms with Gasteiger partial charge < -0.3 is 10.0 Å². The van der Waals surface area contributed by atoms with Crippen molar-refractivity contribution in [1.29, 1.82) is 0 Å². The van der Waals surface area contributed by atoms with E-state index >= 15 is 0 Å². The van der Waals surface area contributed by atoms with Crippen molar-refractivity contribution in [2.45, 2.75) is 26.2 Å². The lowest BCUT2D eigenvalue weighted by Gasteiger charge is -2.17. The van der Waals surface area contributed by atoms with Crippen LogP contribution in [0.15, 0.2) is 24.3 Å². The molecule has 3 heteroatoms. The van der Waals surface area contributed by atoms with E-state index in [9.17, 15) is 9.90 Å². The van der Waals surface area contributed by atoms with E-state index in [0.717, 1.165) is 25.8 Å². The molecule has 0 spiro atoms. The lowest BCUT2D eigenvalue weighted by Crippen LogP contribution is -2.27. The van der Waals surface area contributed by atoms with Crippen molar-refractivity contribution in [3.8, 4) is 5.75 Å². The first-order chi connectivity index (χ1) is 7.66. The maximum absolute atomic E-state index is 11.9. The third-order valence-corrected chi connectivity index (χ3v) is 2.58. The second-order valence-corrected chi connectivity index (χ2v) is 3.95. The fourth-order valence-corrected chi connectivity index (χ4v) is 1.56. The first-order valence-electron chi connectivity index (χ1n) is 5.70. The van der Waals surface area contributed by atoms with Gasteiger partial charge in [0.2, 0.25) is 0 Å². The van der Waals surface area contributed by atoms with Crippen molar-refractivity contribution in [2.75, 3.05) is 13.6 Å². The highest BCUT2D eigenvalue weighted by atomic mass is 16.3. The molecule has 3 nitrogen and oxygen atoms in total. The molecule has 0 saturated carbocycles. The molecule has 1 rings (SSSR count). The largest absolute Gasteiger partial charge is 0.507 e. The van der Waals surface area contributed by atoms with Gasteiger partial charge in [-0.05, 0) is 18.6 Å². The summed E-state index contributed by atoms with van der Waals surface area (Å²) >= 11 is 0. The third-order valence-electron chi connectivity index (χ3n) is 2.58. The van der Waals surface area contributed by atoms with E-state index in [-0.39, 0.29) is 11.7 Å². The van der Waals surface area contributed by atoms with Crippen LogP contribution in [-0.2, 0) is 0 Å². The van der Waals surface area contributed by atoms with Crippen LogP contribution in [0.3, 0.4) is 0 Å². The van der Waals surface area contributed by atoms with Gasteiger partial charge in [0, 0.05) is 13.6 Å². The van der Waals surface area contributed by atoms with Crippen molar-refractivity contribution >= 4 is 5.91 Å². The van der Waals surface area contributed by atoms with Gasteiger partial charge in [-0.15, -0.1) is 0 Å². The predicted octanol–water partition coefficient (Wildman–Crippen LogP) is 2.65. The molecule has 0 fully saturated rings. The number of rotatable bonds is 5. The number of para-hydroxylation sites is 1. The SMILES string of the molecule is CCCCCN(C)C(=O)c1ccccc1O. The van der Waals surface area contributed by atoms with Crippen molar-refractivity contribution in [1.82, 2.24) is 4.90 Å². The molecule has 1 aromatic carbocycles. The van der Waals surface area contributed by atoms with Gasteiger partial charge in [-0.2, -0.15) is 0 Å². The van der Waals surface area contributed by atoms with Crippen LogP contribution in [0.2, 0.25) is 0 Å². The van der Waals surface area contributed by atoms with Crippen LogP contribution >= 0.6 is 0 Å². The van der Waals surface area contributed by atoms with Gasteiger partial charge in [-0.3, -0.25) is 4.79 Å². The Balaban J connectivity index is 2.60. The normalized spacial score (nSPS) is 10.1. The number of nitrogens with zero attached hydrogens (tertiary/aromatic N) is 1. The summed E-state index contributed by atoms with van der Waals surface area (Å²) in [5.41, 5.74) is 0.376. The molecule has 0 heterocycles. The monoisotopic (exact) mass is 221 g/mol. The molecule has 0 unspecified atom stereocenters. The summed E-state index contributed by atoms with van der Waals surface area (Å²) in [5, 5.41) is 9.55. The zero-order chi connectivity index (χ0) is 12.0. The van der Waals surface area contributed by atoms with E-state index < -0.39 is 0 Å². The van der Waals surface area contributed by atoms with Crippen LogP contribution in [0.1, 0.15) is 36.5 Å². The standard InChI is InChI=1S/C13H19NO2/c1-3-4-7-10-14(2)13(16)11-8-5-6-9-12(11)15/h5-6,8-9,15H,3-4,7,10H2,1-2H3. The molecule has 0 saturated heterocycles. The summed E-state index contributed by atoms with van der Waals surface area (Å²) in [7, 11) is 1.77. The molecule has 0 atom stereocenters. The third kappa shape index (κ3) is 3.26. The summed E-state index contributed by atoms with van der Waals surface area (Å²) in [6, 6.07) is 6.65. The molecule has 88 valence electrons. The molecule has 0 radical (unpaired) electrons. The second kappa shape index (κ2) is 6.16. The molecule has 1 amide bonds. The molecular weight excluding hydrogens is 202 g/mol. The number of carbonyl (C=O) groups excluding carboxylic acids is 1. The summed E-state index contributed by atoms with van der Waals surface area (Å²) < 4.78 is 0. The van der Waals surface area contributed by atoms with Gasteiger partial charge in [0.15, 0.2) is 0 Å². The fourth-order valence-electron chi connectivity index (χ4n) is 1.56. The molecule has 0 aliphatic carbocycles. The van der Waals surface area contributed by atoms with Crippen LogP contribution in [0.5, 0.6) is 5.75 Å². The van der Waals surface area contributed by atoms with Gasteiger partial charge in [0.1, 0.15) is 5.75 Å². The van der Waals surface area contributed by atoms with E-state index in [0.29, 0.717) is 5.56 Å². The molecule has 0 aromatic heterocycles. The van der Waals surface area contributed by atoms with Crippen LogP contribution in [0.25, 0.3) is 0 Å².